The second-order valence-electron chi connectivity index (χ2n) is 6.97. The number of nitrogens with zero attached hydrogens (tertiary/aromatic N) is 3. The molecule has 0 aliphatic carbocycles. The van der Waals surface area contributed by atoms with Gasteiger partial charge in [0.1, 0.15) is 35.6 Å². The number of methoxy groups -OCH3 is 1. The highest BCUT2D eigenvalue weighted by Crippen LogP contribution is 2.37. The SMILES string of the molecule is CCc1nnc(NC(=O)C(C#N)=Cc2cc(Br)c(OCCOc3ccccc3C)c(OC)c2)s1. The molecule has 8 nitrogen and oxygen atoms in total. The molecule has 0 aliphatic heterocycles. The van der Waals surface area contributed by atoms with Crippen LogP contribution in [-0.2, 0) is 11.2 Å². The summed E-state index contributed by atoms with van der Waals surface area (Å²) >= 11 is 4.76. The number of ether oxygens (including phenoxy) is 3. The van der Waals surface area contributed by atoms with Gasteiger partial charge in [-0.25, -0.2) is 0 Å². The monoisotopic (exact) mass is 542 g/mol. The van der Waals surface area contributed by atoms with Crippen molar-refractivity contribution in [2.75, 3.05) is 25.6 Å². The minimum atomic E-state index is -0.565. The molecular formula is C24H23BrN4O4S. The Morgan fingerprint density at radius 2 is 1.97 bits per heavy atom. The van der Waals surface area contributed by atoms with Crippen molar-refractivity contribution < 1.29 is 19.0 Å². The van der Waals surface area contributed by atoms with Gasteiger partial charge in [0.2, 0.25) is 5.13 Å². The Morgan fingerprint density at radius 3 is 2.65 bits per heavy atom. The Morgan fingerprint density at radius 1 is 1.21 bits per heavy atom. The molecule has 0 bridgehead atoms. The van der Waals surface area contributed by atoms with Gasteiger partial charge in [0.15, 0.2) is 11.5 Å². The van der Waals surface area contributed by atoms with E-state index in [1.54, 1.807) is 12.1 Å². The third-order valence-corrected chi connectivity index (χ3v) is 6.17. The van der Waals surface area contributed by atoms with Gasteiger partial charge in [-0.3, -0.25) is 10.1 Å². The summed E-state index contributed by atoms with van der Waals surface area (Å²) in [5, 5.41) is 21.1. The van der Waals surface area contributed by atoms with E-state index in [1.807, 2.05) is 44.2 Å². The van der Waals surface area contributed by atoms with Crippen LogP contribution in [0.2, 0.25) is 0 Å². The van der Waals surface area contributed by atoms with Crippen molar-refractivity contribution in [3.05, 3.63) is 62.6 Å². The van der Waals surface area contributed by atoms with Crippen LogP contribution in [0.25, 0.3) is 6.08 Å². The minimum absolute atomic E-state index is 0.0810. The molecule has 1 heterocycles. The van der Waals surface area contributed by atoms with Gasteiger partial charge in [0.25, 0.3) is 5.91 Å². The highest BCUT2D eigenvalue weighted by Gasteiger charge is 2.15. The summed E-state index contributed by atoms with van der Waals surface area (Å²) in [7, 11) is 1.52. The number of aryl methyl sites for hydroxylation is 2. The number of benzene rings is 2. The van der Waals surface area contributed by atoms with Gasteiger partial charge in [-0.05, 0) is 64.7 Å². The number of amides is 1. The van der Waals surface area contributed by atoms with Gasteiger partial charge in [-0.2, -0.15) is 5.26 Å². The van der Waals surface area contributed by atoms with Gasteiger partial charge in [-0.1, -0.05) is 36.5 Å². The molecule has 0 aliphatic rings. The zero-order valence-corrected chi connectivity index (χ0v) is 21.3. The maximum atomic E-state index is 12.5. The number of halogens is 1. The van der Waals surface area contributed by atoms with Crippen molar-refractivity contribution in [3.8, 4) is 23.3 Å². The lowest BCUT2D eigenvalue weighted by molar-refractivity contribution is -0.112. The van der Waals surface area contributed by atoms with Crippen LogP contribution in [-0.4, -0.2) is 36.4 Å². The van der Waals surface area contributed by atoms with Crippen molar-refractivity contribution in [1.82, 2.24) is 10.2 Å². The number of aromatic nitrogens is 2. The summed E-state index contributed by atoms with van der Waals surface area (Å²) in [6.07, 6.45) is 2.18. The van der Waals surface area contributed by atoms with E-state index in [1.165, 1.54) is 24.5 Å². The summed E-state index contributed by atoms with van der Waals surface area (Å²) in [4.78, 5) is 12.5. The second kappa shape index (κ2) is 12.2. The molecule has 0 unspecified atom stereocenters. The first-order valence-corrected chi connectivity index (χ1v) is 12.0. The van der Waals surface area contributed by atoms with Crippen molar-refractivity contribution in [3.63, 3.8) is 0 Å². The highest BCUT2D eigenvalue weighted by molar-refractivity contribution is 9.10. The molecule has 0 saturated heterocycles. The maximum Gasteiger partial charge on any atom is 0.268 e. The van der Waals surface area contributed by atoms with Crippen LogP contribution in [0.3, 0.4) is 0 Å². The van der Waals surface area contributed by atoms with Crippen LogP contribution in [0.5, 0.6) is 17.2 Å². The fourth-order valence-corrected chi connectivity index (χ4v) is 4.15. The van der Waals surface area contributed by atoms with Crippen molar-refractivity contribution in [2.45, 2.75) is 20.3 Å². The number of anilines is 1. The quantitative estimate of drug-likeness (QED) is 0.213. The first kappa shape index (κ1) is 25.2. The average Bonchev–Trinajstić information content (AvgIpc) is 3.29. The van der Waals surface area contributed by atoms with Crippen LogP contribution in [0.15, 0.2) is 46.4 Å². The summed E-state index contributed by atoms with van der Waals surface area (Å²) < 4.78 is 17.7. The number of para-hydroxylation sites is 1. The summed E-state index contributed by atoms with van der Waals surface area (Å²) in [5.74, 6) is 1.19. The molecular weight excluding hydrogens is 520 g/mol. The van der Waals surface area contributed by atoms with E-state index < -0.39 is 5.91 Å². The van der Waals surface area contributed by atoms with Gasteiger partial charge in [0, 0.05) is 0 Å². The lowest BCUT2D eigenvalue weighted by Gasteiger charge is -2.14. The standard InChI is InChI=1S/C24H23BrN4O4S/c1-4-21-28-29-24(34-21)27-23(30)17(14-26)11-16-12-18(25)22(20(13-16)31-3)33-10-9-32-19-8-6-5-7-15(19)2/h5-8,11-13H,4,9-10H2,1-3H3,(H,27,29,30). The van der Waals surface area contributed by atoms with E-state index in [9.17, 15) is 10.1 Å². The Balaban J connectivity index is 1.69. The van der Waals surface area contributed by atoms with Gasteiger partial charge >= 0.3 is 0 Å². The molecule has 0 fully saturated rings. The van der Waals surface area contributed by atoms with Gasteiger partial charge in [0.05, 0.1) is 11.6 Å². The molecule has 34 heavy (non-hydrogen) atoms. The normalized spacial score (nSPS) is 11.0. The average molecular weight is 543 g/mol. The van der Waals surface area contributed by atoms with E-state index in [0.29, 0.717) is 39.9 Å². The molecule has 1 aromatic heterocycles. The Labute approximate surface area is 210 Å². The molecule has 0 radical (unpaired) electrons. The third-order valence-electron chi connectivity index (χ3n) is 4.60. The predicted octanol–water partition coefficient (Wildman–Crippen LogP) is 5.18. The molecule has 1 amide bonds. The summed E-state index contributed by atoms with van der Waals surface area (Å²) in [6, 6.07) is 13.1. The number of carbonyl (C=O) groups is 1. The highest BCUT2D eigenvalue weighted by atomic mass is 79.9. The zero-order chi connectivity index (χ0) is 24.5. The topological polar surface area (TPSA) is 106 Å². The maximum absolute atomic E-state index is 12.5. The first-order chi connectivity index (χ1) is 16.4. The van der Waals surface area contributed by atoms with E-state index >= 15 is 0 Å². The van der Waals surface area contributed by atoms with E-state index in [2.05, 4.69) is 31.4 Å². The molecule has 10 heteroatoms. The Hall–Kier alpha value is -3.42. The van der Waals surface area contributed by atoms with Crippen LogP contribution >= 0.6 is 27.3 Å². The lowest BCUT2D eigenvalue weighted by Crippen LogP contribution is -2.13. The first-order valence-electron chi connectivity index (χ1n) is 10.4. The fraction of sp³-hybridized carbons (Fsp3) is 0.250. The molecule has 0 saturated carbocycles. The molecule has 3 aromatic rings. The van der Waals surface area contributed by atoms with Crippen LogP contribution in [0, 0.1) is 18.3 Å². The van der Waals surface area contributed by atoms with Crippen molar-refractivity contribution >= 4 is 44.4 Å². The largest absolute Gasteiger partial charge is 0.493 e. The molecule has 176 valence electrons. The van der Waals surface area contributed by atoms with E-state index in [-0.39, 0.29) is 5.57 Å². The lowest BCUT2D eigenvalue weighted by atomic mass is 10.1. The van der Waals surface area contributed by atoms with E-state index in [0.717, 1.165) is 22.7 Å². The van der Waals surface area contributed by atoms with Crippen molar-refractivity contribution in [2.24, 2.45) is 0 Å². The van der Waals surface area contributed by atoms with Gasteiger partial charge in [-0.15, -0.1) is 10.2 Å². The zero-order valence-electron chi connectivity index (χ0n) is 18.9. The number of nitriles is 1. The smallest absolute Gasteiger partial charge is 0.268 e. The number of hydrogen-bond donors (Lipinski definition) is 1. The molecule has 0 spiro atoms. The Kier molecular flexibility index (Phi) is 9.01. The number of carbonyl (C=O) groups excluding carboxylic acids is 1. The molecule has 0 atom stereocenters. The van der Waals surface area contributed by atoms with Crippen molar-refractivity contribution in [1.29, 1.82) is 5.26 Å². The summed E-state index contributed by atoms with van der Waals surface area (Å²) in [6.45, 7) is 4.58. The van der Waals surface area contributed by atoms with E-state index in [4.69, 9.17) is 14.2 Å². The second-order valence-corrected chi connectivity index (χ2v) is 8.89. The predicted molar refractivity (Wildman–Crippen MR) is 134 cm³/mol. The van der Waals surface area contributed by atoms with Gasteiger partial charge < -0.3 is 14.2 Å². The Bertz CT molecular complexity index is 1240. The van der Waals surface area contributed by atoms with Crippen LogP contribution in [0.1, 0.15) is 23.1 Å². The number of nitrogens with one attached hydrogen (secondary N) is 1. The van der Waals surface area contributed by atoms with Crippen LogP contribution in [0.4, 0.5) is 5.13 Å². The molecule has 1 N–H and O–H groups in total. The third kappa shape index (κ3) is 6.56. The molecule has 3 rings (SSSR count). The minimum Gasteiger partial charge on any atom is -0.493 e. The number of rotatable bonds is 10. The van der Waals surface area contributed by atoms with Crippen LogP contribution < -0.4 is 19.5 Å². The molecule has 2 aromatic carbocycles. The fourth-order valence-electron chi connectivity index (χ4n) is 2.90. The number of hydrogen-bond acceptors (Lipinski definition) is 8. The summed E-state index contributed by atoms with van der Waals surface area (Å²) in [5.41, 5.74) is 1.56.